The van der Waals surface area contributed by atoms with Crippen LogP contribution in [0.1, 0.15) is 24.9 Å². The molecule has 2 N–H and O–H groups in total. The lowest BCUT2D eigenvalue weighted by Gasteiger charge is -2.17. The molecule has 0 saturated heterocycles. The Kier molecular flexibility index (Phi) is 3.57. The third-order valence-electron chi connectivity index (χ3n) is 2.86. The van der Waals surface area contributed by atoms with Crippen molar-refractivity contribution in [3.8, 4) is 0 Å². The summed E-state index contributed by atoms with van der Waals surface area (Å²) in [5.74, 6) is 1.65. The molecule has 0 spiro atoms. The van der Waals surface area contributed by atoms with Crippen LogP contribution >= 0.6 is 0 Å². The summed E-state index contributed by atoms with van der Waals surface area (Å²) in [7, 11) is 0. The van der Waals surface area contributed by atoms with Crippen molar-refractivity contribution in [1.82, 2.24) is 5.32 Å². The molecule has 0 aromatic heterocycles. The van der Waals surface area contributed by atoms with E-state index in [0.717, 1.165) is 24.4 Å². The summed E-state index contributed by atoms with van der Waals surface area (Å²) >= 11 is 0. The molecule has 1 aliphatic heterocycles. The summed E-state index contributed by atoms with van der Waals surface area (Å²) < 4.78 is 0. The Morgan fingerprint density at radius 1 is 1.44 bits per heavy atom. The van der Waals surface area contributed by atoms with Crippen LogP contribution in [0.25, 0.3) is 0 Å². The molecule has 0 aliphatic carbocycles. The van der Waals surface area contributed by atoms with Gasteiger partial charge in [-0.2, -0.15) is 0 Å². The molecule has 3 heteroatoms. The van der Waals surface area contributed by atoms with Crippen LogP contribution in [0, 0.1) is 5.92 Å². The van der Waals surface area contributed by atoms with Gasteiger partial charge in [0.2, 0.25) is 0 Å². The Balaban J connectivity index is 2.02. The summed E-state index contributed by atoms with van der Waals surface area (Å²) in [5.41, 5.74) is 1.10. The van der Waals surface area contributed by atoms with Crippen molar-refractivity contribution in [2.75, 3.05) is 13.2 Å². The lowest BCUT2D eigenvalue weighted by molar-refractivity contribution is 0.257. The molecule has 1 aromatic rings. The molecule has 1 aliphatic rings. The maximum absolute atomic E-state index is 9.39. The van der Waals surface area contributed by atoms with Gasteiger partial charge in [-0.25, -0.2) is 0 Å². The fraction of sp³-hybridized carbons (Fsp3) is 0.462. The zero-order valence-corrected chi connectivity index (χ0v) is 9.56. The van der Waals surface area contributed by atoms with E-state index in [-0.39, 0.29) is 12.6 Å². The van der Waals surface area contributed by atoms with E-state index < -0.39 is 0 Å². The first-order chi connectivity index (χ1) is 7.79. The number of aliphatic imine (C=N–C) groups is 1. The fourth-order valence-electron chi connectivity index (χ4n) is 1.95. The van der Waals surface area contributed by atoms with E-state index in [0.29, 0.717) is 5.92 Å². The van der Waals surface area contributed by atoms with Crippen LogP contribution in [0.4, 0.5) is 0 Å². The smallest absolute Gasteiger partial charge is 0.0972 e. The minimum Gasteiger partial charge on any atom is -0.394 e. The van der Waals surface area contributed by atoms with Crippen LogP contribution in [0.2, 0.25) is 0 Å². The van der Waals surface area contributed by atoms with Gasteiger partial charge in [0.1, 0.15) is 0 Å². The van der Waals surface area contributed by atoms with Crippen molar-refractivity contribution in [3.05, 3.63) is 35.9 Å². The van der Waals surface area contributed by atoms with Crippen LogP contribution < -0.4 is 5.32 Å². The van der Waals surface area contributed by atoms with E-state index in [9.17, 15) is 5.11 Å². The minimum atomic E-state index is -0.0368. The highest BCUT2D eigenvalue weighted by atomic mass is 16.3. The molecule has 86 valence electrons. The van der Waals surface area contributed by atoms with Gasteiger partial charge >= 0.3 is 0 Å². The SMILES string of the molecule is C[C@@H]1CN=C(N[C@@H](CO)c2ccccc2)C1. The van der Waals surface area contributed by atoms with Crippen LogP contribution in [-0.4, -0.2) is 24.1 Å². The summed E-state index contributed by atoms with van der Waals surface area (Å²) in [6, 6.07) is 9.95. The first-order valence-electron chi connectivity index (χ1n) is 5.75. The van der Waals surface area contributed by atoms with E-state index in [2.05, 4.69) is 17.2 Å². The molecule has 0 saturated carbocycles. The summed E-state index contributed by atoms with van der Waals surface area (Å²) in [6.45, 7) is 3.18. The van der Waals surface area contributed by atoms with Crippen molar-refractivity contribution in [3.63, 3.8) is 0 Å². The van der Waals surface area contributed by atoms with Gasteiger partial charge in [-0.3, -0.25) is 4.99 Å². The lowest BCUT2D eigenvalue weighted by Crippen LogP contribution is -2.29. The van der Waals surface area contributed by atoms with E-state index in [4.69, 9.17) is 0 Å². The average Bonchev–Trinajstić information content (AvgIpc) is 2.73. The van der Waals surface area contributed by atoms with Gasteiger partial charge in [0, 0.05) is 13.0 Å². The largest absolute Gasteiger partial charge is 0.394 e. The van der Waals surface area contributed by atoms with E-state index in [1.165, 1.54) is 0 Å². The highest BCUT2D eigenvalue weighted by Crippen LogP contribution is 2.16. The normalized spacial score (nSPS) is 21.6. The quantitative estimate of drug-likeness (QED) is 0.811. The molecular weight excluding hydrogens is 200 g/mol. The van der Waals surface area contributed by atoms with Crippen molar-refractivity contribution < 1.29 is 5.11 Å². The number of aliphatic hydroxyl groups is 1. The first-order valence-corrected chi connectivity index (χ1v) is 5.75. The second kappa shape index (κ2) is 5.12. The third kappa shape index (κ3) is 2.61. The highest BCUT2D eigenvalue weighted by molar-refractivity contribution is 5.84. The summed E-state index contributed by atoms with van der Waals surface area (Å²) in [4.78, 5) is 4.42. The van der Waals surface area contributed by atoms with Crippen molar-refractivity contribution in [1.29, 1.82) is 0 Å². The summed E-state index contributed by atoms with van der Waals surface area (Å²) in [6.07, 6.45) is 0.989. The molecular formula is C13H18N2O. The monoisotopic (exact) mass is 218 g/mol. The molecule has 2 rings (SSSR count). The molecule has 16 heavy (non-hydrogen) atoms. The van der Waals surface area contributed by atoms with Gasteiger partial charge in [-0.1, -0.05) is 37.3 Å². The Hall–Kier alpha value is -1.35. The second-order valence-electron chi connectivity index (χ2n) is 4.39. The highest BCUT2D eigenvalue weighted by Gasteiger charge is 2.17. The number of hydrogen-bond donors (Lipinski definition) is 2. The maximum atomic E-state index is 9.39. The van der Waals surface area contributed by atoms with Crippen LogP contribution in [0.3, 0.4) is 0 Å². The second-order valence-corrected chi connectivity index (χ2v) is 4.39. The van der Waals surface area contributed by atoms with Crippen molar-refractivity contribution in [2.45, 2.75) is 19.4 Å². The Morgan fingerprint density at radius 3 is 2.75 bits per heavy atom. The van der Waals surface area contributed by atoms with Gasteiger partial charge in [0.15, 0.2) is 0 Å². The number of nitrogens with zero attached hydrogens (tertiary/aromatic N) is 1. The third-order valence-corrected chi connectivity index (χ3v) is 2.86. The predicted octanol–water partition coefficient (Wildman–Crippen LogP) is 1.75. The average molecular weight is 218 g/mol. The lowest BCUT2D eigenvalue weighted by atomic mass is 10.1. The fourth-order valence-corrected chi connectivity index (χ4v) is 1.95. The van der Waals surface area contributed by atoms with Gasteiger partial charge in [0.05, 0.1) is 18.5 Å². The molecule has 0 bridgehead atoms. The molecule has 3 nitrogen and oxygen atoms in total. The number of hydrogen-bond acceptors (Lipinski definition) is 3. The molecule has 1 aromatic carbocycles. The van der Waals surface area contributed by atoms with Crippen LogP contribution in [-0.2, 0) is 0 Å². The molecule has 1 heterocycles. The number of amidine groups is 1. The van der Waals surface area contributed by atoms with E-state index in [1.807, 2.05) is 30.3 Å². The van der Waals surface area contributed by atoms with Gasteiger partial charge in [-0.05, 0) is 11.5 Å². The predicted molar refractivity (Wildman–Crippen MR) is 65.5 cm³/mol. The number of benzene rings is 1. The minimum absolute atomic E-state index is 0.0368. The Morgan fingerprint density at radius 2 is 2.19 bits per heavy atom. The molecule has 0 unspecified atom stereocenters. The Bertz CT molecular complexity index is 361. The zero-order valence-electron chi connectivity index (χ0n) is 9.56. The van der Waals surface area contributed by atoms with Crippen LogP contribution in [0.5, 0.6) is 0 Å². The van der Waals surface area contributed by atoms with Crippen LogP contribution in [0.15, 0.2) is 35.3 Å². The number of aliphatic hydroxyl groups excluding tert-OH is 1. The first kappa shape index (κ1) is 11.1. The summed E-state index contributed by atoms with van der Waals surface area (Å²) in [5, 5.41) is 12.7. The molecule has 2 atom stereocenters. The number of nitrogens with one attached hydrogen (secondary N) is 1. The Labute approximate surface area is 96.2 Å². The molecule has 0 radical (unpaired) electrons. The number of rotatable bonds is 3. The van der Waals surface area contributed by atoms with Crippen molar-refractivity contribution in [2.24, 2.45) is 10.9 Å². The van der Waals surface area contributed by atoms with Gasteiger partial charge in [0.25, 0.3) is 0 Å². The molecule has 0 amide bonds. The van der Waals surface area contributed by atoms with Crippen molar-refractivity contribution >= 4 is 5.84 Å². The molecule has 0 fully saturated rings. The van der Waals surface area contributed by atoms with Gasteiger partial charge < -0.3 is 10.4 Å². The standard InChI is InChI=1S/C13H18N2O/c1-10-7-13(14-8-10)15-12(9-16)11-5-3-2-4-6-11/h2-6,10,12,16H,7-9H2,1H3,(H,14,15)/t10-,12-/m0/s1. The van der Waals surface area contributed by atoms with Gasteiger partial charge in [-0.15, -0.1) is 0 Å². The topological polar surface area (TPSA) is 44.6 Å². The maximum Gasteiger partial charge on any atom is 0.0972 e. The van der Waals surface area contributed by atoms with E-state index in [1.54, 1.807) is 0 Å². The van der Waals surface area contributed by atoms with E-state index >= 15 is 0 Å². The zero-order chi connectivity index (χ0) is 11.4.